The SMILES string of the molecule is CCn1c(NCCCO)nc2ccccc21. The molecule has 0 fully saturated rings. The van der Waals surface area contributed by atoms with Crippen LogP contribution in [0, 0.1) is 0 Å². The number of benzene rings is 1. The topological polar surface area (TPSA) is 50.1 Å². The van der Waals surface area contributed by atoms with Gasteiger partial charge in [-0.1, -0.05) is 12.1 Å². The molecule has 2 N–H and O–H groups in total. The quantitative estimate of drug-likeness (QED) is 0.754. The molecule has 0 radical (unpaired) electrons. The van der Waals surface area contributed by atoms with E-state index < -0.39 is 0 Å². The Morgan fingerprint density at radius 2 is 2.19 bits per heavy atom. The molecule has 2 aromatic rings. The summed E-state index contributed by atoms with van der Waals surface area (Å²) in [4.78, 5) is 4.53. The summed E-state index contributed by atoms with van der Waals surface area (Å²) in [5.74, 6) is 0.886. The molecule has 0 aliphatic heterocycles. The molecule has 0 amide bonds. The van der Waals surface area contributed by atoms with Crippen LogP contribution in [0.1, 0.15) is 13.3 Å². The lowest BCUT2D eigenvalue weighted by atomic mass is 10.3. The number of aromatic nitrogens is 2. The second-order valence-corrected chi connectivity index (χ2v) is 3.67. The monoisotopic (exact) mass is 219 g/mol. The van der Waals surface area contributed by atoms with Gasteiger partial charge < -0.3 is 15.0 Å². The third-order valence-corrected chi connectivity index (χ3v) is 2.59. The molecule has 16 heavy (non-hydrogen) atoms. The average molecular weight is 219 g/mol. The number of hydrogen-bond acceptors (Lipinski definition) is 3. The van der Waals surface area contributed by atoms with E-state index in [4.69, 9.17) is 5.11 Å². The zero-order chi connectivity index (χ0) is 11.4. The summed E-state index contributed by atoms with van der Waals surface area (Å²) in [6, 6.07) is 8.10. The predicted octanol–water partition coefficient (Wildman–Crippen LogP) is 1.85. The number of imidazole rings is 1. The van der Waals surface area contributed by atoms with Gasteiger partial charge in [0.05, 0.1) is 11.0 Å². The van der Waals surface area contributed by atoms with Crippen LogP contribution in [0.15, 0.2) is 24.3 Å². The Morgan fingerprint density at radius 3 is 2.94 bits per heavy atom. The first-order valence-electron chi connectivity index (χ1n) is 5.66. The number of aryl methyl sites for hydroxylation is 1. The first kappa shape index (κ1) is 11.0. The number of aliphatic hydroxyl groups excluding tert-OH is 1. The first-order valence-corrected chi connectivity index (χ1v) is 5.66. The van der Waals surface area contributed by atoms with Gasteiger partial charge in [-0.2, -0.15) is 0 Å². The van der Waals surface area contributed by atoms with Crippen LogP contribution in [0.3, 0.4) is 0 Å². The van der Waals surface area contributed by atoms with E-state index in [1.54, 1.807) is 0 Å². The molecule has 0 atom stereocenters. The van der Waals surface area contributed by atoms with Gasteiger partial charge in [-0.3, -0.25) is 0 Å². The maximum absolute atomic E-state index is 8.74. The highest BCUT2D eigenvalue weighted by atomic mass is 16.3. The molecule has 4 nitrogen and oxygen atoms in total. The minimum atomic E-state index is 0.208. The normalized spacial score (nSPS) is 10.9. The zero-order valence-corrected chi connectivity index (χ0v) is 9.48. The van der Waals surface area contributed by atoms with Crippen molar-refractivity contribution >= 4 is 17.0 Å². The number of aliphatic hydroxyl groups is 1. The van der Waals surface area contributed by atoms with Crippen LogP contribution in [-0.4, -0.2) is 27.8 Å². The van der Waals surface area contributed by atoms with E-state index in [1.807, 2.05) is 18.2 Å². The number of nitrogens with one attached hydrogen (secondary N) is 1. The van der Waals surface area contributed by atoms with Crippen molar-refractivity contribution in [3.05, 3.63) is 24.3 Å². The number of fused-ring (bicyclic) bond motifs is 1. The van der Waals surface area contributed by atoms with E-state index in [9.17, 15) is 0 Å². The molecule has 0 aliphatic carbocycles. The molecular formula is C12H17N3O. The Morgan fingerprint density at radius 1 is 1.38 bits per heavy atom. The van der Waals surface area contributed by atoms with Gasteiger partial charge in [-0.25, -0.2) is 4.98 Å². The summed E-state index contributed by atoms with van der Waals surface area (Å²) in [5.41, 5.74) is 2.16. The van der Waals surface area contributed by atoms with Gasteiger partial charge in [-0.05, 0) is 25.5 Å². The molecule has 0 saturated carbocycles. The minimum Gasteiger partial charge on any atom is -0.396 e. The number of rotatable bonds is 5. The molecule has 0 unspecified atom stereocenters. The molecule has 4 heteroatoms. The Kier molecular flexibility index (Phi) is 3.41. The molecular weight excluding hydrogens is 202 g/mol. The van der Waals surface area contributed by atoms with Crippen LogP contribution >= 0.6 is 0 Å². The zero-order valence-electron chi connectivity index (χ0n) is 9.48. The lowest BCUT2D eigenvalue weighted by Gasteiger charge is -2.07. The Balaban J connectivity index is 2.29. The molecule has 86 valence electrons. The highest BCUT2D eigenvalue weighted by Gasteiger charge is 2.07. The van der Waals surface area contributed by atoms with E-state index in [0.29, 0.717) is 0 Å². The molecule has 0 spiro atoms. The van der Waals surface area contributed by atoms with Gasteiger partial charge >= 0.3 is 0 Å². The number of hydrogen-bond donors (Lipinski definition) is 2. The summed E-state index contributed by atoms with van der Waals surface area (Å²) in [6.45, 7) is 3.95. The van der Waals surface area contributed by atoms with Crippen molar-refractivity contribution in [2.45, 2.75) is 19.9 Å². The summed E-state index contributed by atoms with van der Waals surface area (Å²) in [5, 5.41) is 12.0. The van der Waals surface area contributed by atoms with Crippen molar-refractivity contribution in [2.75, 3.05) is 18.5 Å². The van der Waals surface area contributed by atoms with Crippen LogP contribution in [0.4, 0.5) is 5.95 Å². The van der Waals surface area contributed by atoms with Gasteiger partial charge in [0.1, 0.15) is 0 Å². The van der Waals surface area contributed by atoms with Crippen LogP contribution < -0.4 is 5.32 Å². The maximum atomic E-state index is 8.74. The summed E-state index contributed by atoms with van der Waals surface area (Å²) < 4.78 is 2.15. The second kappa shape index (κ2) is 4.99. The Bertz CT molecular complexity index is 464. The largest absolute Gasteiger partial charge is 0.396 e. The van der Waals surface area contributed by atoms with E-state index in [0.717, 1.165) is 36.5 Å². The summed E-state index contributed by atoms with van der Waals surface area (Å²) >= 11 is 0. The predicted molar refractivity (Wildman–Crippen MR) is 65.6 cm³/mol. The summed E-state index contributed by atoms with van der Waals surface area (Å²) in [7, 11) is 0. The van der Waals surface area contributed by atoms with Gasteiger partial charge in [0, 0.05) is 19.7 Å². The van der Waals surface area contributed by atoms with Gasteiger partial charge in [0.2, 0.25) is 5.95 Å². The maximum Gasteiger partial charge on any atom is 0.203 e. The van der Waals surface area contributed by atoms with E-state index in [2.05, 4.69) is 27.9 Å². The Labute approximate surface area is 94.9 Å². The van der Waals surface area contributed by atoms with Gasteiger partial charge in [-0.15, -0.1) is 0 Å². The fraction of sp³-hybridized carbons (Fsp3) is 0.417. The van der Waals surface area contributed by atoms with Crippen molar-refractivity contribution in [3.8, 4) is 0 Å². The second-order valence-electron chi connectivity index (χ2n) is 3.67. The third kappa shape index (κ3) is 2.02. The van der Waals surface area contributed by atoms with Gasteiger partial charge in [0.15, 0.2) is 0 Å². The van der Waals surface area contributed by atoms with Crippen molar-refractivity contribution in [3.63, 3.8) is 0 Å². The molecule has 1 aromatic heterocycles. The molecule has 0 aliphatic rings. The third-order valence-electron chi connectivity index (χ3n) is 2.59. The highest BCUT2D eigenvalue weighted by Crippen LogP contribution is 2.18. The van der Waals surface area contributed by atoms with Crippen LogP contribution in [0.2, 0.25) is 0 Å². The van der Waals surface area contributed by atoms with Crippen molar-refractivity contribution < 1.29 is 5.11 Å². The van der Waals surface area contributed by atoms with Crippen LogP contribution in [0.25, 0.3) is 11.0 Å². The summed E-state index contributed by atoms with van der Waals surface area (Å²) in [6.07, 6.45) is 0.743. The minimum absolute atomic E-state index is 0.208. The average Bonchev–Trinajstić information content (AvgIpc) is 2.67. The fourth-order valence-electron chi connectivity index (χ4n) is 1.81. The molecule has 0 bridgehead atoms. The molecule has 1 heterocycles. The highest BCUT2D eigenvalue weighted by molar-refractivity contribution is 5.78. The number of nitrogens with zero attached hydrogens (tertiary/aromatic N) is 2. The lowest BCUT2D eigenvalue weighted by molar-refractivity contribution is 0.292. The Hall–Kier alpha value is -1.55. The molecule has 2 rings (SSSR count). The first-order chi connectivity index (χ1) is 7.86. The number of para-hydroxylation sites is 2. The molecule has 1 aromatic carbocycles. The van der Waals surface area contributed by atoms with Crippen LogP contribution in [-0.2, 0) is 6.54 Å². The van der Waals surface area contributed by atoms with Crippen molar-refractivity contribution in [2.24, 2.45) is 0 Å². The standard InChI is InChI=1S/C12H17N3O/c1-2-15-11-7-4-3-6-10(11)14-12(15)13-8-5-9-16/h3-4,6-7,16H,2,5,8-9H2,1H3,(H,13,14). The van der Waals surface area contributed by atoms with Crippen LogP contribution in [0.5, 0.6) is 0 Å². The van der Waals surface area contributed by atoms with Crippen molar-refractivity contribution in [1.29, 1.82) is 0 Å². The molecule has 0 saturated heterocycles. The van der Waals surface area contributed by atoms with E-state index >= 15 is 0 Å². The smallest absolute Gasteiger partial charge is 0.203 e. The lowest BCUT2D eigenvalue weighted by Crippen LogP contribution is -2.09. The fourth-order valence-corrected chi connectivity index (χ4v) is 1.81. The number of anilines is 1. The van der Waals surface area contributed by atoms with E-state index in [-0.39, 0.29) is 6.61 Å². The van der Waals surface area contributed by atoms with Gasteiger partial charge in [0.25, 0.3) is 0 Å². The van der Waals surface area contributed by atoms with Crippen molar-refractivity contribution in [1.82, 2.24) is 9.55 Å². The van der Waals surface area contributed by atoms with E-state index in [1.165, 1.54) is 0 Å².